The van der Waals surface area contributed by atoms with E-state index in [0.717, 1.165) is 25.5 Å². The van der Waals surface area contributed by atoms with Gasteiger partial charge in [-0.25, -0.2) is 0 Å². The number of hydrogen-bond donors (Lipinski definition) is 2. The van der Waals surface area contributed by atoms with Gasteiger partial charge in [-0.05, 0) is 37.7 Å². The molecule has 1 saturated heterocycles. The Bertz CT molecular complexity index is 896. The summed E-state index contributed by atoms with van der Waals surface area (Å²) in [5.74, 6) is 1.47. The standard InChI is InChI=1S/C22H28N4O4/c1-4-15-10-19(29-20(15)11-23)21(27)24-12-16(5-2)17-6-8-26(9-7-17)22(28)18-13-25-30-14(18)3/h4,10-11,13,16-17,23H,1,5-9,12H2,2-3H3,(H,24,27). The van der Waals surface area contributed by atoms with Gasteiger partial charge in [-0.1, -0.05) is 31.2 Å². The fourth-order valence-electron chi connectivity index (χ4n) is 4.01. The third kappa shape index (κ3) is 4.53. The summed E-state index contributed by atoms with van der Waals surface area (Å²) in [5.41, 5.74) is 1.15. The highest BCUT2D eigenvalue weighted by atomic mass is 16.5. The van der Waals surface area contributed by atoms with Gasteiger partial charge < -0.3 is 24.6 Å². The summed E-state index contributed by atoms with van der Waals surface area (Å²) in [6, 6.07) is 1.60. The van der Waals surface area contributed by atoms with Crippen LogP contribution in [0.25, 0.3) is 6.08 Å². The molecule has 1 fully saturated rings. The quantitative estimate of drug-likeness (QED) is 0.644. The van der Waals surface area contributed by atoms with E-state index in [9.17, 15) is 9.59 Å². The molecular weight excluding hydrogens is 384 g/mol. The Morgan fingerprint density at radius 1 is 1.43 bits per heavy atom. The third-order valence-corrected chi connectivity index (χ3v) is 5.89. The van der Waals surface area contributed by atoms with Crippen LogP contribution in [0.3, 0.4) is 0 Å². The molecule has 1 aliphatic rings. The Balaban J connectivity index is 1.53. The molecule has 2 aromatic rings. The number of aryl methyl sites for hydroxylation is 1. The van der Waals surface area contributed by atoms with Crippen molar-refractivity contribution < 1.29 is 18.5 Å². The van der Waals surface area contributed by atoms with Crippen LogP contribution < -0.4 is 5.32 Å². The second-order valence-electron chi connectivity index (χ2n) is 7.58. The molecule has 1 unspecified atom stereocenters. The lowest BCUT2D eigenvalue weighted by molar-refractivity contribution is 0.0651. The number of furan rings is 1. The van der Waals surface area contributed by atoms with E-state index >= 15 is 0 Å². The topological polar surface area (TPSA) is 112 Å². The molecule has 8 nitrogen and oxygen atoms in total. The van der Waals surface area contributed by atoms with Crippen LogP contribution in [0.2, 0.25) is 0 Å². The molecule has 0 bridgehead atoms. The van der Waals surface area contributed by atoms with Crippen molar-refractivity contribution in [3.8, 4) is 0 Å². The van der Waals surface area contributed by atoms with Gasteiger partial charge in [0.05, 0.1) is 12.4 Å². The molecule has 2 amide bonds. The van der Waals surface area contributed by atoms with E-state index in [1.54, 1.807) is 19.1 Å². The molecule has 0 saturated carbocycles. The maximum Gasteiger partial charge on any atom is 0.287 e. The highest BCUT2D eigenvalue weighted by molar-refractivity contribution is 5.95. The van der Waals surface area contributed by atoms with Crippen LogP contribution in [0.15, 0.2) is 27.8 Å². The number of piperidine rings is 1. The lowest BCUT2D eigenvalue weighted by atomic mass is 9.82. The predicted molar refractivity (Wildman–Crippen MR) is 113 cm³/mol. The first-order chi connectivity index (χ1) is 14.5. The highest BCUT2D eigenvalue weighted by Gasteiger charge is 2.29. The number of rotatable bonds is 8. The smallest absolute Gasteiger partial charge is 0.287 e. The Labute approximate surface area is 175 Å². The minimum Gasteiger partial charge on any atom is -0.449 e. The first-order valence-electron chi connectivity index (χ1n) is 10.2. The summed E-state index contributed by atoms with van der Waals surface area (Å²) in [7, 11) is 0. The van der Waals surface area contributed by atoms with E-state index in [1.807, 2.05) is 4.90 Å². The predicted octanol–water partition coefficient (Wildman–Crippen LogP) is 3.53. The molecule has 0 radical (unpaired) electrons. The zero-order valence-electron chi connectivity index (χ0n) is 17.4. The molecule has 30 heavy (non-hydrogen) atoms. The van der Waals surface area contributed by atoms with Gasteiger partial charge in [0, 0.05) is 25.2 Å². The van der Waals surface area contributed by atoms with Crippen molar-refractivity contribution in [3.63, 3.8) is 0 Å². The number of carbonyl (C=O) groups excluding carboxylic acids is 2. The molecular formula is C22H28N4O4. The number of aromatic nitrogens is 1. The minimum atomic E-state index is -0.291. The molecule has 2 N–H and O–H groups in total. The van der Waals surface area contributed by atoms with E-state index in [4.69, 9.17) is 14.3 Å². The van der Waals surface area contributed by atoms with E-state index in [-0.39, 0.29) is 17.6 Å². The molecule has 1 atom stereocenters. The lowest BCUT2D eigenvalue weighted by Gasteiger charge is -2.35. The van der Waals surface area contributed by atoms with Crippen molar-refractivity contribution in [1.82, 2.24) is 15.4 Å². The number of nitrogens with zero attached hydrogens (tertiary/aromatic N) is 2. The zero-order valence-corrected chi connectivity index (χ0v) is 17.4. The van der Waals surface area contributed by atoms with E-state index in [2.05, 4.69) is 24.0 Å². The van der Waals surface area contributed by atoms with Gasteiger partial charge in [0.2, 0.25) is 0 Å². The van der Waals surface area contributed by atoms with Crippen molar-refractivity contribution in [3.05, 3.63) is 47.2 Å². The number of likely N-dealkylation sites (tertiary alicyclic amines) is 1. The number of hydrogen-bond acceptors (Lipinski definition) is 6. The van der Waals surface area contributed by atoms with Gasteiger partial charge in [0.25, 0.3) is 11.8 Å². The first kappa shape index (κ1) is 21.5. The average Bonchev–Trinajstić information content (AvgIpc) is 3.39. The van der Waals surface area contributed by atoms with Gasteiger partial charge in [-0.15, -0.1) is 0 Å². The molecule has 8 heteroatoms. The zero-order chi connectivity index (χ0) is 21.7. The second kappa shape index (κ2) is 9.56. The van der Waals surface area contributed by atoms with Gasteiger partial charge in [0.1, 0.15) is 11.3 Å². The van der Waals surface area contributed by atoms with E-state index in [0.29, 0.717) is 54.1 Å². The molecule has 3 rings (SSSR count). The lowest BCUT2D eigenvalue weighted by Crippen LogP contribution is -2.42. The van der Waals surface area contributed by atoms with E-state index in [1.165, 1.54) is 6.20 Å². The molecule has 0 spiro atoms. The molecule has 0 aromatic carbocycles. The Kier molecular flexibility index (Phi) is 6.87. The second-order valence-corrected chi connectivity index (χ2v) is 7.58. The molecule has 160 valence electrons. The number of carbonyl (C=O) groups is 2. The van der Waals surface area contributed by atoms with Crippen LogP contribution in [-0.2, 0) is 0 Å². The van der Waals surface area contributed by atoms with Crippen LogP contribution in [-0.4, -0.2) is 47.7 Å². The largest absolute Gasteiger partial charge is 0.449 e. The van der Waals surface area contributed by atoms with Gasteiger partial charge >= 0.3 is 0 Å². The van der Waals surface area contributed by atoms with Crippen molar-refractivity contribution in [2.24, 2.45) is 11.8 Å². The summed E-state index contributed by atoms with van der Waals surface area (Å²) in [4.78, 5) is 26.9. The van der Waals surface area contributed by atoms with Crippen LogP contribution >= 0.6 is 0 Å². The Hall–Kier alpha value is -3.16. The average molecular weight is 412 g/mol. The molecule has 1 aliphatic heterocycles. The maximum absolute atomic E-state index is 12.6. The van der Waals surface area contributed by atoms with Gasteiger partial charge in [-0.2, -0.15) is 0 Å². The monoisotopic (exact) mass is 412 g/mol. The highest BCUT2D eigenvalue weighted by Crippen LogP contribution is 2.28. The summed E-state index contributed by atoms with van der Waals surface area (Å²) in [5, 5.41) is 14.0. The van der Waals surface area contributed by atoms with Gasteiger partial charge in [-0.3, -0.25) is 9.59 Å². The molecule has 0 aliphatic carbocycles. The maximum atomic E-state index is 12.6. The summed E-state index contributed by atoms with van der Waals surface area (Å²) >= 11 is 0. The molecule has 3 heterocycles. The van der Waals surface area contributed by atoms with Crippen LogP contribution in [0.4, 0.5) is 0 Å². The van der Waals surface area contributed by atoms with Crippen LogP contribution in [0.1, 0.15) is 64.2 Å². The Morgan fingerprint density at radius 3 is 2.70 bits per heavy atom. The van der Waals surface area contributed by atoms with Crippen LogP contribution in [0.5, 0.6) is 0 Å². The Morgan fingerprint density at radius 2 is 2.17 bits per heavy atom. The van der Waals surface area contributed by atoms with Crippen molar-refractivity contribution in [2.45, 2.75) is 33.1 Å². The van der Waals surface area contributed by atoms with E-state index < -0.39 is 0 Å². The van der Waals surface area contributed by atoms with Gasteiger partial charge in [0.15, 0.2) is 11.5 Å². The fraction of sp³-hybridized carbons (Fsp3) is 0.455. The summed E-state index contributed by atoms with van der Waals surface area (Å²) < 4.78 is 10.4. The minimum absolute atomic E-state index is 0.0357. The summed E-state index contributed by atoms with van der Waals surface area (Å²) in [6.07, 6.45) is 6.83. The molecule has 2 aromatic heterocycles. The van der Waals surface area contributed by atoms with Crippen molar-refractivity contribution in [2.75, 3.05) is 19.6 Å². The first-order valence-corrected chi connectivity index (χ1v) is 10.2. The third-order valence-electron chi connectivity index (χ3n) is 5.89. The number of amides is 2. The van der Waals surface area contributed by atoms with Crippen LogP contribution in [0, 0.1) is 24.2 Å². The summed E-state index contributed by atoms with van der Waals surface area (Å²) in [6.45, 7) is 9.44. The van der Waals surface area contributed by atoms with Crippen molar-refractivity contribution in [1.29, 1.82) is 5.41 Å². The normalized spacial score (nSPS) is 15.6. The SMILES string of the molecule is C=Cc1cc(C(=O)NCC(CC)C2CCN(C(=O)c3cnoc3C)CC2)oc1C=N. The van der Waals surface area contributed by atoms with Crippen molar-refractivity contribution >= 4 is 24.1 Å². The fourth-order valence-corrected chi connectivity index (χ4v) is 4.01. The number of nitrogens with one attached hydrogen (secondary N) is 2.